The fourth-order valence-electron chi connectivity index (χ4n) is 3.32. The van der Waals surface area contributed by atoms with Crippen LogP contribution in [0.2, 0.25) is 0 Å². The Morgan fingerprint density at radius 2 is 1.83 bits per heavy atom. The maximum atomic E-state index is 12.9. The number of methoxy groups -OCH3 is 1. The van der Waals surface area contributed by atoms with E-state index in [9.17, 15) is 18.5 Å². The zero-order valence-corrected chi connectivity index (χ0v) is 17.7. The van der Waals surface area contributed by atoms with Gasteiger partial charge in [-0.25, -0.2) is 8.42 Å². The largest absolute Gasteiger partial charge is 0.496 e. The summed E-state index contributed by atoms with van der Waals surface area (Å²) < 4.78 is 32.4. The van der Waals surface area contributed by atoms with E-state index in [1.165, 1.54) is 22.5 Å². The molecule has 3 rings (SSSR count). The zero-order valence-electron chi connectivity index (χ0n) is 16.9. The Kier molecular flexibility index (Phi) is 6.55. The third-order valence-corrected chi connectivity index (χ3v) is 6.92. The van der Waals surface area contributed by atoms with Crippen molar-refractivity contribution in [2.24, 2.45) is 0 Å². The Labute approximate surface area is 176 Å². The van der Waals surface area contributed by atoms with Crippen molar-refractivity contribution in [2.45, 2.75) is 11.8 Å². The Morgan fingerprint density at radius 3 is 2.50 bits per heavy atom. The highest BCUT2D eigenvalue weighted by Gasteiger charge is 2.31. The minimum Gasteiger partial charge on any atom is -0.496 e. The third-order valence-electron chi connectivity index (χ3n) is 4.97. The van der Waals surface area contributed by atoms with Gasteiger partial charge in [-0.05, 0) is 37.3 Å². The van der Waals surface area contributed by atoms with Crippen LogP contribution >= 0.6 is 0 Å². The lowest BCUT2D eigenvalue weighted by atomic mass is 10.1. The highest BCUT2D eigenvalue weighted by Crippen LogP contribution is 2.22. The number of hydrogen-bond acceptors (Lipinski definition) is 5. The van der Waals surface area contributed by atoms with E-state index in [1.807, 2.05) is 31.2 Å². The quantitative estimate of drug-likeness (QED) is 0.686. The molecule has 0 N–H and O–H groups in total. The molecule has 0 saturated carbocycles. The molecule has 0 aliphatic carbocycles. The number of piperazine rings is 1. The van der Waals surface area contributed by atoms with Gasteiger partial charge in [0, 0.05) is 37.8 Å². The summed E-state index contributed by atoms with van der Waals surface area (Å²) in [4.78, 5) is 14.2. The molecule has 2 aromatic carbocycles. The highest BCUT2D eigenvalue weighted by atomic mass is 32.2. The van der Waals surface area contributed by atoms with Gasteiger partial charge in [0.2, 0.25) is 15.9 Å². The molecule has 0 atom stereocenters. The number of hydrogen-bond donors (Lipinski definition) is 0. The van der Waals surface area contributed by atoms with Crippen LogP contribution in [0, 0.1) is 18.3 Å². The van der Waals surface area contributed by atoms with E-state index < -0.39 is 10.0 Å². The molecule has 0 unspecified atom stereocenters. The minimum absolute atomic E-state index is 0.00119. The van der Waals surface area contributed by atoms with Crippen molar-refractivity contribution >= 4 is 22.0 Å². The molecule has 0 bridgehead atoms. The average Bonchev–Trinajstić information content (AvgIpc) is 2.77. The lowest BCUT2D eigenvalue weighted by molar-refractivity contribution is -0.127. The second-order valence-electron chi connectivity index (χ2n) is 6.92. The monoisotopic (exact) mass is 425 g/mol. The maximum absolute atomic E-state index is 12.9. The number of rotatable bonds is 5. The Bertz CT molecular complexity index is 1110. The molecule has 1 heterocycles. The predicted octanol–water partition coefficient (Wildman–Crippen LogP) is 2.42. The number of ether oxygens (including phenoxy) is 1. The van der Waals surface area contributed by atoms with Crippen molar-refractivity contribution in [3.63, 3.8) is 0 Å². The highest BCUT2D eigenvalue weighted by molar-refractivity contribution is 7.89. The van der Waals surface area contributed by atoms with Crippen LogP contribution in [0.5, 0.6) is 5.75 Å². The first-order chi connectivity index (χ1) is 14.4. The fourth-order valence-corrected chi connectivity index (χ4v) is 4.89. The summed E-state index contributed by atoms with van der Waals surface area (Å²) in [5, 5.41) is 9.20. The first kappa shape index (κ1) is 21.6. The normalized spacial score (nSPS) is 15.2. The molecule has 1 amide bonds. The van der Waals surface area contributed by atoms with Crippen LogP contribution in [0.3, 0.4) is 0 Å². The van der Waals surface area contributed by atoms with Crippen LogP contribution in [0.15, 0.2) is 53.4 Å². The van der Waals surface area contributed by atoms with Crippen molar-refractivity contribution in [2.75, 3.05) is 33.3 Å². The Morgan fingerprint density at radius 1 is 1.13 bits per heavy atom. The molecule has 1 aliphatic heterocycles. The van der Waals surface area contributed by atoms with Crippen molar-refractivity contribution in [1.29, 1.82) is 5.26 Å². The van der Waals surface area contributed by atoms with Crippen molar-refractivity contribution in [1.82, 2.24) is 9.21 Å². The molecule has 8 heteroatoms. The molecule has 2 aromatic rings. The van der Waals surface area contributed by atoms with Gasteiger partial charge in [0.15, 0.2) is 0 Å². The lowest BCUT2D eigenvalue weighted by Gasteiger charge is -2.33. The molecule has 7 nitrogen and oxygen atoms in total. The van der Waals surface area contributed by atoms with Gasteiger partial charge in [0.25, 0.3) is 0 Å². The summed E-state index contributed by atoms with van der Waals surface area (Å²) >= 11 is 0. The molecule has 0 spiro atoms. The van der Waals surface area contributed by atoms with E-state index >= 15 is 0 Å². The van der Waals surface area contributed by atoms with E-state index in [2.05, 4.69) is 0 Å². The van der Waals surface area contributed by atoms with Gasteiger partial charge in [-0.1, -0.05) is 23.8 Å². The summed E-state index contributed by atoms with van der Waals surface area (Å²) in [6.07, 6.45) is 3.19. The number of aryl methyl sites for hydroxylation is 1. The van der Waals surface area contributed by atoms with Crippen LogP contribution in [0.1, 0.15) is 16.7 Å². The van der Waals surface area contributed by atoms with Crippen molar-refractivity contribution < 1.29 is 17.9 Å². The number of nitriles is 1. The van der Waals surface area contributed by atoms with Gasteiger partial charge in [-0.3, -0.25) is 4.79 Å². The van der Waals surface area contributed by atoms with Gasteiger partial charge < -0.3 is 9.64 Å². The molecule has 0 radical (unpaired) electrons. The van der Waals surface area contributed by atoms with E-state index in [0.717, 1.165) is 11.1 Å². The summed E-state index contributed by atoms with van der Waals surface area (Å²) in [6, 6.07) is 13.8. The van der Waals surface area contributed by atoms with Crippen molar-refractivity contribution in [3.8, 4) is 11.8 Å². The summed E-state index contributed by atoms with van der Waals surface area (Å²) in [6.45, 7) is 2.87. The minimum atomic E-state index is -3.78. The number of carbonyl (C=O) groups is 1. The standard InChI is InChI=1S/C22H23N3O4S/c1-17-7-9-20(29-2)18(15-17)8-10-22(26)24-11-13-25(14-12-24)30(27,28)21-6-4-3-5-19(21)16-23/h3-10,15H,11-14H2,1-2H3. The summed E-state index contributed by atoms with van der Waals surface area (Å²) in [5.74, 6) is 0.491. The summed E-state index contributed by atoms with van der Waals surface area (Å²) in [5.41, 5.74) is 1.98. The molecule has 156 valence electrons. The number of amides is 1. The van der Waals surface area contributed by atoms with Gasteiger partial charge in [0.05, 0.1) is 17.6 Å². The average molecular weight is 426 g/mol. The van der Waals surface area contributed by atoms with Gasteiger partial charge in [-0.2, -0.15) is 9.57 Å². The molecule has 30 heavy (non-hydrogen) atoms. The second-order valence-corrected chi connectivity index (χ2v) is 8.82. The topological polar surface area (TPSA) is 90.7 Å². The zero-order chi connectivity index (χ0) is 21.7. The Balaban J connectivity index is 1.68. The Hall–Kier alpha value is -3.15. The van der Waals surface area contributed by atoms with Gasteiger partial charge in [-0.15, -0.1) is 0 Å². The van der Waals surface area contributed by atoms with Crippen LogP contribution in [0.4, 0.5) is 0 Å². The van der Waals surface area contributed by atoms with Crippen LogP contribution in [-0.4, -0.2) is 56.8 Å². The van der Waals surface area contributed by atoms with Crippen LogP contribution < -0.4 is 4.74 Å². The fraction of sp³-hybridized carbons (Fsp3) is 0.273. The lowest BCUT2D eigenvalue weighted by Crippen LogP contribution is -2.50. The van der Waals surface area contributed by atoms with Crippen molar-refractivity contribution in [3.05, 3.63) is 65.2 Å². The molecule has 1 fully saturated rings. The first-order valence-corrected chi connectivity index (χ1v) is 10.9. The number of nitrogens with zero attached hydrogens (tertiary/aromatic N) is 3. The van der Waals surface area contributed by atoms with E-state index in [4.69, 9.17) is 4.74 Å². The van der Waals surface area contributed by atoms with E-state index in [0.29, 0.717) is 5.75 Å². The van der Waals surface area contributed by atoms with E-state index in [-0.39, 0.29) is 42.5 Å². The van der Waals surface area contributed by atoms with Gasteiger partial charge in [0.1, 0.15) is 11.8 Å². The summed E-state index contributed by atoms with van der Waals surface area (Å²) in [7, 11) is -2.21. The predicted molar refractivity (Wildman–Crippen MR) is 113 cm³/mol. The maximum Gasteiger partial charge on any atom is 0.246 e. The molecule has 1 saturated heterocycles. The number of sulfonamides is 1. The number of benzene rings is 2. The van der Waals surface area contributed by atoms with Crippen LogP contribution in [-0.2, 0) is 14.8 Å². The van der Waals surface area contributed by atoms with Crippen LogP contribution in [0.25, 0.3) is 6.08 Å². The third kappa shape index (κ3) is 4.53. The van der Waals surface area contributed by atoms with Gasteiger partial charge >= 0.3 is 0 Å². The molecule has 0 aromatic heterocycles. The molecular weight excluding hydrogens is 402 g/mol. The SMILES string of the molecule is COc1ccc(C)cc1C=CC(=O)N1CCN(S(=O)(=O)c2ccccc2C#N)CC1. The molecular formula is C22H23N3O4S. The first-order valence-electron chi connectivity index (χ1n) is 9.47. The second kappa shape index (κ2) is 9.11. The van der Waals surface area contributed by atoms with E-state index in [1.54, 1.807) is 30.2 Å². The molecule has 1 aliphatic rings. The number of carbonyl (C=O) groups excluding carboxylic acids is 1. The smallest absolute Gasteiger partial charge is 0.246 e.